The molecule has 1 aliphatic heterocycles. The Morgan fingerprint density at radius 3 is 2.15 bits per heavy atom. The van der Waals surface area contributed by atoms with E-state index in [9.17, 15) is 31.1 Å². The first-order valence-electron chi connectivity index (χ1n) is 11.5. The number of hydrogen-bond donors (Lipinski definition) is 0. The van der Waals surface area contributed by atoms with Gasteiger partial charge in [0.05, 0.1) is 37.6 Å². The molecule has 12 heteroatoms. The van der Waals surface area contributed by atoms with E-state index >= 15 is 0 Å². The maximum absolute atomic E-state index is 13.6. The molecule has 1 unspecified atom stereocenters. The summed E-state index contributed by atoms with van der Waals surface area (Å²) in [6.07, 6.45) is -10.1. The topological polar surface area (TPSA) is 57.2 Å². The third-order valence-electron chi connectivity index (χ3n) is 6.13. The van der Waals surface area contributed by atoms with E-state index in [2.05, 4.69) is 0 Å². The van der Waals surface area contributed by atoms with Gasteiger partial charge in [0.2, 0.25) is 11.5 Å². The zero-order valence-corrected chi connectivity index (χ0v) is 20.7. The molecule has 0 aromatic heterocycles. The number of para-hydroxylation sites is 1. The number of rotatable bonds is 9. The lowest BCUT2D eigenvalue weighted by atomic mass is 10.0. The van der Waals surface area contributed by atoms with Gasteiger partial charge in [0.15, 0.2) is 6.61 Å². The summed E-state index contributed by atoms with van der Waals surface area (Å²) in [5.74, 6) is -1.01. The standard InChI is InChI=1S/C27H23F6NO5/c1-36-21-8-5-6-17(10-21)15-39-25(14-18-7-3-4-9-23(18)34(25)37-2)24(35)16-38-22-12-19(26(28,29)30)11-20(13-22)27(31,32)33/h3-13H,14-16H2,1-2H3. The van der Waals surface area contributed by atoms with Gasteiger partial charge in [-0.15, -0.1) is 0 Å². The highest BCUT2D eigenvalue weighted by Crippen LogP contribution is 2.42. The van der Waals surface area contributed by atoms with Crippen molar-refractivity contribution in [2.24, 2.45) is 0 Å². The summed E-state index contributed by atoms with van der Waals surface area (Å²) in [4.78, 5) is 19.1. The Kier molecular flexibility index (Phi) is 7.80. The molecule has 0 saturated heterocycles. The van der Waals surface area contributed by atoms with E-state index in [0.29, 0.717) is 34.7 Å². The summed E-state index contributed by atoms with van der Waals surface area (Å²) < 4.78 is 96.1. The van der Waals surface area contributed by atoms with Crippen molar-refractivity contribution in [2.45, 2.75) is 31.1 Å². The second-order valence-corrected chi connectivity index (χ2v) is 8.66. The van der Waals surface area contributed by atoms with Crippen LogP contribution in [0.5, 0.6) is 11.5 Å². The smallest absolute Gasteiger partial charge is 0.416 e. The minimum atomic E-state index is -5.07. The highest BCUT2D eigenvalue weighted by Gasteiger charge is 2.52. The monoisotopic (exact) mass is 555 g/mol. The Bertz CT molecular complexity index is 1310. The number of Topliss-reactive ketones (excluding diaryl/α,β-unsaturated/α-hetero) is 1. The average molecular weight is 555 g/mol. The van der Waals surface area contributed by atoms with Crippen molar-refractivity contribution in [1.82, 2.24) is 0 Å². The number of anilines is 1. The Morgan fingerprint density at radius 2 is 1.54 bits per heavy atom. The van der Waals surface area contributed by atoms with Crippen molar-refractivity contribution in [1.29, 1.82) is 0 Å². The zero-order valence-electron chi connectivity index (χ0n) is 20.7. The Morgan fingerprint density at radius 1 is 0.872 bits per heavy atom. The molecule has 1 atom stereocenters. The lowest BCUT2D eigenvalue weighted by Gasteiger charge is -2.36. The molecule has 0 N–H and O–H groups in total. The van der Waals surface area contributed by atoms with E-state index in [1.54, 1.807) is 48.5 Å². The third kappa shape index (κ3) is 5.96. The Hall–Kier alpha value is -3.77. The maximum atomic E-state index is 13.6. The molecule has 39 heavy (non-hydrogen) atoms. The van der Waals surface area contributed by atoms with Crippen LogP contribution in [-0.4, -0.2) is 32.3 Å². The van der Waals surface area contributed by atoms with Gasteiger partial charge in [0.1, 0.15) is 11.5 Å². The van der Waals surface area contributed by atoms with Crippen molar-refractivity contribution >= 4 is 11.5 Å². The van der Waals surface area contributed by atoms with Crippen LogP contribution in [0.4, 0.5) is 32.0 Å². The Balaban J connectivity index is 1.65. The summed E-state index contributed by atoms with van der Waals surface area (Å²) in [6, 6.07) is 14.5. The van der Waals surface area contributed by atoms with Gasteiger partial charge in [-0.25, -0.2) is 5.06 Å². The minimum Gasteiger partial charge on any atom is -0.497 e. The summed E-state index contributed by atoms with van der Waals surface area (Å²) in [7, 11) is 2.79. The van der Waals surface area contributed by atoms with E-state index in [4.69, 9.17) is 19.0 Å². The van der Waals surface area contributed by atoms with Gasteiger partial charge in [-0.1, -0.05) is 30.3 Å². The molecule has 1 heterocycles. The van der Waals surface area contributed by atoms with E-state index in [-0.39, 0.29) is 19.1 Å². The molecular weight excluding hydrogens is 532 g/mol. The van der Waals surface area contributed by atoms with Gasteiger partial charge in [0.25, 0.3) is 0 Å². The number of fused-ring (bicyclic) bond motifs is 1. The van der Waals surface area contributed by atoms with Crippen LogP contribution in [0.15, 0.2) is 66.7 Å². The molecule has 1 aliphatic rings. The normalized spacial score (nSPS) is 17.2. The first-order chi connectivity index (χ1) is 18.4. The van der Waals surface area contributed by atoms with E-state index in [1.165, 1.54) is 19.3 Å². The number of ketones is 1. The number of ether oxygens (including phenoxy) is 3. The highest BCUT2D eigenvalue weighted by atomic mass is 19.4. The van der Waals surface area contributed by atoms with Gasteiger partial charge < -0.3 is 14.2 Å². The fourth-order valence-electron chi connectivity index (χ4n) is 4.27. The summed E-state index contributed by atoms with van der Waals surface area (Å²) in [6.45, 7) is -0.997. The van der Waals surface area contributed by atoms with Crippen LogP contribution in [0.2, 0.25) is 0 Å². The van der Waals surface area contributed by atoms with Crippen LogP contribution < -0.4 is 14.5 Å². The lowest BCUT2D eigenvalue weighted by Crippen LogP contribution is -2.56. The van der Waals surface area contributed by atoms with Crippen LogP contribution in [0, 0.1) is 0 Å². The predicted molar refractivity (Wildman–Crippen MR) is 127 cm³/mol. The fraction of sp³-hybridized carbons (Fsp3) is 0.296. The number of halogens is 6. The lowest BCUT2D eigenvalue weighted by molar-refractivity contribution is -0.160. The number of carbonyl (C=O) groups excluding carboxylic acids is 1. The van der Waals surface area contributed by atoms with Crippen molar-refractivity contribution in [3.8, 4) is 11.5 Å². The SMILES string of the molecule is COc1cccc(COC2(C(=O)COc3cc(C(F)(F)F)cc(C(F)(F)F)c3)Cc3ccccc3N2OC)c1. The van der Waals surface area contributed by atoms with Crippen LogP contribution in [0.25, 0.3) is 0 Å². The van der Waals surface area contributed by atoms with Crippen LogP contribution >= 0.6 is 0 Å². The Labute approximate surface area is 219 Å². The van der Waals surface area contributed by atoms with Gasteiger partial charge >= 0.3 is 12.4 Å². The zero-order chi connectivity index (χ0) is 28.4. The average Bonchev–Trinajstić information content (AvgIpc) is 3.24. The highest BCUT2D eigenvalue weighted by molar-refractivity contribution is 5.93. The number of hydrogen-bond acceptors (Lipinski definition) is 6. The second-order valence-electron chi connectivity index (χ2n) is 8.66. The number of carbonyl (C=O) groups is 1. The molecule has 6 nitrogen and oxygen atoms in total. The van der Waals surface area contributed by atoms with E-state index in [0.717, 1.165) is 0 Å². The number of alkyl halides is 6. The van der Waals surface area contributed by atoms with Gasteiger partial charge in [-0.3, -0.25) is 9.63 Å². The van der Waals surface area contributed by atoms with Crippen LogP contribution in [-0.2, 0) is 39.7 Å². The molecule has 0 amide bonds. The molecule has 3 aromatic carbocycles. The molecule has 4 rings (SSSR count). The number of benzene rings is 3. The van der Waals surface area contributed by atoms with Gasteiger partial charge in [-0.2, -0.15) is 26.3 Å². The molecule has 0 fully saturated rings. The molecular formula is C27H23F6NO5. The molecule has 0 radical (unpaired) electrons. The van der Waals surface area contributed by atoms with Gasteiger partial charge in [0, 0.05) is 6.42 Å². The van der Waals surface area contributed by atoms with Gasteiger partial charge in [-0.05, 0) is 47.5 Å². The molecule has 0 spiro atoms. The minimum absolute atomic E-state index is 0.0143. The van der Waals surface area contributed by atoms with Crippen molar-refractivity contribution < 1.29 is 50.2 Å². The van der Waals surface area contributed by atoms with Crippen LogP contribution in [0.1, 0.15) is 22.3 Å². The first kappa shape index (κ1) is 28.2. The molecule has 208 valence electrons. The summed E-state index contributed by atoms with van der Waals surface area (Å²) in [5, 5.41) is 1.22. The first-order valence-corrected chi connectivity index (χ1v) is 11.5. The fourth-order valence-corrected chi connectivity index (χ4v) is 4.27. The van der Waals surface area contributed by atoms with Crippen molar-refractivity contribution in [3.63, 3.8) is 0 Å². The number of methoxy groups -OCH3 is 1. The summed E-state index contributed by atoms with van der Waals surface area (Å²) in [5.41, 5.74) is -3.11. The molecule has 0 bridgehead atoms. The van der Waals surface area contributed by atoms with Crippen molar-refractivity contribution in [3.05, 3.63) is 89.0 Å². The molecule has 0 saturated carbocycles. The van der Waals surface area contributed by atoms with E-state index in [1.807, 2.05) is 0 Å². The maximum Gasteiger partial charge on any atom is 0.416 e. The van der Waals surface area contributed by atoms with E-state index < -0.39 is 47.3 Å². The molecule has 0 aliphatic carbocycles. The quantitative estimate of drug-likeness (QED) is 0.293. The predicted octanol–water partition coefficient (Wildman–Crippen LogP) is 6.22. The number of nitrogens with zero attached hydrogens (tertiary/aromatic N) is 1. The van der Waals surface area contributed by atoms with Crippen molar-refractivity contribution in [2.75, 3.05) is 25.9 Å². The molecule has 3 aromatic rings. The number of hydroxylamine groups is 1. The largest absolute Gasteiger partial charge is 0.497 e. The third-order valence-corrected chi connectivity index (χ3v) is 6.13. The second kappa shape index (κ2) is 10.8. The van der Waals surface area contributed by atoms with Crippen LogP contribution in [0.3, 0.4) is 0 Å². The summed E-state index contributed by atoms with van der Waals surface area (Å²) >= 11 is 0.